The molecule has 9 heteroatoms. The first kappa shape index (κ1) is 21.5. The quantitative estimate of drug-likeness (QED) is 0.552. The third kappa shape index (κ3) is 4.32. The molecule has 2 aromatic carbocycles. The normalized spacial score (nSPS) is 17.3. The average molecular weight is 440 g/mol. The molecule has 0 aromatic heterocycles. The highest BCUT2D eigenvalue weighted by Gasteiger charge is 2.35. The number of nitrogens with zero attached hydrogens (tertiary/aromatic N) is 2. The summed E-state index contributed by atoms with van der Waals surface area (Å²) in [7, 11) is 0. The van der Waals surface area contributed by atoms with Crippen LogP contribution < -0.4 is 15.5 Å². The van der Waals surface area contributed by atoms with Crippen LogP contribution in [0.3, 0.4) is 0 Å². The highest BCUT2D eigenvalue weighted by molar-refractivity contribution is 6.16. The second-order valence-corrected chi connectivity index (χ2v) is 7.76. The number of benzene rings is 2. The predicted octanol–water partition coefficient (Wildman–Crippen LogP) is 3.40. The molecular formula is C23H22F2N4O3. The fraction of sp³-hybridized carbons (Fsp3) is 0.261. The third-order valence-corrected chi connectivity index (χ3v) is 5.49. The number of nitrogens with one attached hydrogen (secondary N) is 2. The standard InChI is InChI=1S/C23H22F2N4O3/c1-14-10-20(28-8-4-5-9-28)17(25)11-15(14)12-19-22(31)29(23(32)27-19)13-21(30)26-18-7-3-2-6-16(18)24/h2-3,6-7,10-12H,4-5,8-9,13H2,1H3,(H,26,30)(H,27,32)/b19-12-. The average Bonchev–Trinajstić information content (AvgIpc) is 3.37. The Morgan fingerprint density at radius 3 is 2.56 bits per heavy atom. The Balaban J connectivity index is 1.49. The van der Waals surface area contributed by atoms with Crippen molar-refractivity contribution in [3.63, 3.8) is 0 Å². The van der Waals surface area contributed by atoms with Gasteiger partial charge >= 0.3 is 6.03 Å². The van der Waals surface area contributed by atoms with Crippen LogP contribution in [0.5, 0.6) is 0 Å². The van der Waals surface area contributed by atoms with Crippen molar-refractivity contribution in [3.05, 3.63) is 64.9 Å². The lowest BCUT2D eigenvalue weighted by Gasteiger charge is -2.19. The first-order valence-corrected chi connectivity index (χ1v) is 10.3. The lowest BCUT2D eigenvalue weighted by molar-refractivity contribution is -0.127. The van der Waals surface area contributed by atoms with E-state index in [4.69, 9.17) is 0 Å². The van der Waals surface area contributed by atoms with Gasteiger partial charge in [0.25, 0.3) is 5.91 Å². The number of hydrogen-bond acceptors (Lipinski definition) is 4. The van der Waals surface area contributed by atoms with Crippen LogP contribution in [0, 0.1) is 18.6 Å². The Labute approximate surface area is 183 Å². The molecule has 2 N–H and O–H groups in total. The third-order valence-electron chi connectivity index (χ3n) is 5.49. The van der Waals surface area contributed by atoms with Crippen molar-refractivity contribution in [2.24, 2.45) is 0 Å². The maximum atomic E-state index is 14.7. The summed E-state index contributed by atoms with van der Waals surface area (Å²) in [6.45, 7) is 2.81. The second kappa shape index (κ2) is 8.78. The summed E-state index contributed by atoms with van der Waals surface area (Å²) in [5, 5.41) is 4.74. The van der Waals surface area contributed by atoms with Gasteiger partial charge < -0.3 is 15.5 Å². The number of urea groups is 1. The zero-order valence-corrected chi connectivity index (χ0v) is 17.5. The van der Waals surface area contributed by atoms with E-state index in [1.54, 1.807) is 19.1 Å². The fourth-order valence-corrected chi connectivity index (χ4v) is 3.80. The topological polar surface area (TPSA) is 81.8 Å². The lowest BCUT2D eigenvalue weighted by atomic mass is 10.1. The van der Waals surface area contributed by atoms with E-state index in [2.05, 4.69) is 10.6 Å². The molecule has 2 fully saturated rings. The SMILES string of the molecule is Cc1cc(N2CCCC2)c(F)cc1/C=C1\NC(=O)N(CC(=O)Nc2ccccc2F)C1=O. The van der Waals surface area contributed by atoms with Crippen molar-refractivity contribution in [2.45, 2.75) is 19.8 Å². The molecule has 2 heterocycles. The summed E-state index contributed by atoms with van der Waals surface area (Å²) in [6, 6.07) is 7.85. The minimum Gasteiger partial charge on any atom is -0.369 e. The number of carbonyl (C=O) groups is 3. The van der Waals surface area contributed by atoms with Gasteiger partial charge in [0.15, 0.2) is 0 Å². The molecule has 4 rings (SSSR count). The molecule has 0 bridgehead atoms. The molecule has 0 spiro atoms. The van der Waals surface area contributed by atoms with Crippen molar-refractivity contribution in [2.75, 3.05) is 29.9 Å². The van der Waals surface area contributed by atoms with Gasteiger partial charge in [-0.3, -0.25) is 9.59 Å². The molecule has 0 atom stereocenters. The van der Waals surface area contributed by atoms with Gasteiger partial charge in [-0.25, -0.2) is 18.5 Å². The number of anilines is 2. The molecular weight excluding hydrogens is 418 g/mol. The van der Waals surface area contributed by atoms with Crippen LogP contribution in [-0.4, -0.2) is 42.4 Å². The van der Waals surface area contributed by atoms with Crippen LogP contribution in [0.4, 0.5) is 25.0 Å². The molecule has 2 aliphatic rings. The number of halogens is 2. The largest absolute Gasteiger partial charge is 0.369 e. The number of rotatable bonds is 5. The molecule has 0 saturated carbocycles. The number of hydrogen-bond donors (Lipinski definition) is 2. The Morgan fingerprint density at radius 2 is 1.84 bits per heavy atom. The summed E-state index contributed by atoms with van der Waals surface area (Å²) in [5.41, 5.74) is 1.61. The number of para-hydroxylation sites is 1. The summed E-state index contributed by atoms with van der Waals surface area (Å²) >= 11 is 0. The van der Waals surface area contributed by atoms with E-state index < -0.39 is 36.0 Å². The molecule has 0 unspecified atom stereocenters. The van der Waals surface area contributed by atoms with Crippen molar-refractivity contribution < 1.29 is 23.2 Å². The van der Waals surface area contributed by atoms with Crippen molar-refractivity contribution in [1.29, 1.82) is 0 Å². The van der Waals surface area contributed by atoms with E-state index in [0.717, 1.165) is 31.5 Å². The maximum Gasteiger partial charge on any atom is 0.329 e. The molecule has 2 saturated heterocycles. The predicted molar refractivity (Wildman–Crippen MR) is 116 cm³/mol. The molecule has 2 aliphatic heterocycles. The van der Waals surface area contributed by atoms with Gasteiger partial charge in [-0.2, -0.15) is 0 Å². The highest BCUT2D eigenvalue weighted by atomic mass is 19.1. The van der Waals surface area contributed by atoms with Gasteiger partial charge in [0.2, 0.25) is 5.91 Å². The minimum atomic E-state index is -0.781. The molecule has 7 nitrogen and oxygen atoms in total. The van der Waals surface area contributed by atoms with E-state index in [0.29, 0.717) is 16.2 Å². The van der Waals surface area contributed by atoms with E-state index in [9.17, 15) is 23.2 Å². The first-order chi connectivity index (χ1) is 15.3. The van der Waals surface area contributed by atoms with Crippen molar-refractivity contribution in [1.82, 2.24) is 10.2 Å². The van der Waals surface area contributed by atoms with Gasteiger partial charge in [-0.1, -0.05) is 12.1 Å². The number of aryl methyl sites for hydroxylation is 1. The Hall–Kier alpha value is -3.75. The zero-order chi connectivity index (χ0) is 22.8. The van der Waals surface area contributed by atoms with Crippen LogP contribution in [-0.2, 0) is 9.59 Å². The lowest BCUT2D eigenvalue weighted by Crippen LogP contribution is -2.38. The number of amides is 4. The highest BCUT2D eigenvalue weighted by Crippen LogP contribution is 2.28. The van der Waals surface area contributed by atoms with Gasteiger partial charge in [0.1, 0.15) is 23.9 Å². The van der Waals surface area contributed by atoms with Gasteiger partial charge in [0, 0.05) is 13.1 Å². The van der Waals surface area contributed by atoms with Crippen molar-refractivity contribution in [3.8, 4) is 0 Å². The van der Waals surface area contributed by atoms with Crippen LogP contribution in [0.2, 0.25) is 0 Å². The van der Waals surface area contributed by atoms with Crippen LogP contribution in [0.1, 0.15) is 24.0 Å². The molecule has 0 aliphatic carbocycles. The molecule has 0 radical (unpaired) electrons. The molecule has 32 heavy (non-hydrogen) atoms. The zero-order valence-electron chi connectivity index (χ0n) is 17.5. The summed E-state index contributed by atoms with van der Waals surface area (Å²) in [4.78, 5) is 39.8. The summed E-state index contributed by atoms with van der Waals surface area (Å²) in [5.74, 6) is -2.48. The number of imide groups is 1. The minimum absolute atomic E-state index is 0.0514. The monoisotopic (exact) mass is 440 g/mol. The van der Waals surface area contributed by atoms with Gasteiger partial charge in [-0.05, 0) is 61.2 Å². The van der Waals surface area contributed by atoms with E-state index in [1.165, 1.54) is 30.3 Å². The van der Waals surface area contributed by atoms with E-state index >= 15 is 0 Å². The smallest absolute Gasteiger partial charge is 0.329 e. The van der Waals surface area contributed by atoms with Crippen molar-refractivity contribution >= 4 is 35.3 Å². The Kier molecular flexibility index (Phi) is 5.89. The van der Waals surface area contributed by atoms with E-state index in [1.807, 2.05) is 4.90 Å². The second-order valence-electron chi connectivity index (χ2n) is 7.76. The van der Waals surface area contributed by atoms with Gasteiger partial charge in [-0.15, -0.1) is 0 Å². The van der Waals surface area contributed by atoms with Crippen LogP contribution in [0.15, 0.2) is 42.1 Å². The van der Waals surface area contributed by atoms with E-state index in [-0.39, 0.29) is 11.4 Å². The summed E-state index contributed by atoms with van der Waals surface area (Å²) < 4.78 is 28.4. The molecule has 2 aromatic rings. The molecule has 4 amide bonds. The van der Waals surface area contributed by atoms with Gasteiger partial charge in [0.05, 0.1) is 11.4 Å². The Bertz CT molecular complexity index is 1130. The maximum absolute atomic E-state index is 14.7. The van der Waals surface area contributed by atoms with Crippen LogP contribution >= 0.6 is 0 Å². The van der Waals surface area contributed by atoms with Crippen LogP contribution in [0.25, 0.3) is 6.08 Å². The Morgan fingerprint density at radius 1 is 1.12 bits per heavy atom. The molecule has 166 valence electrons. The fourth-order valence-electron chi connectivity index (χ4n) is 3.80. The summed E-state index contributed by atoms with van der Waals surface area (Å²) in [6.07, 6.45) is 3.43. The first-order valence-electron chi connectivity index (χ1n) is 10.3. The number of carbonyl (C=O) groups excluding carboxylic acids is 3.